The van der Waals surface area contributed by atoms with Gasteiger partial charge in [-0.05, 0) is 26.0 Å². The predicted molar refractivity (Wildman–Crippen MR) is 69.5 cm³/mol. The molecule has 0 atom stereocenters. The van der Waals surface area contributed by atoms with Crippen LogP contribution in [0, 0.1) is 0 Å². The second kappa shape index (κ2) is 4.95. The normalized spacial score (nSPS) is 14.9. The van der Waals surface area contributed by atoms with Crippen LogP contribution >= 0.6 is 0 Å². The van der Waals surface area contributed by atoms with E-state index in [1.165, 1.54) is 32.0 Å². The van der Waals surface area contributed by atoms with Gasteiger partial charge in [0.25, 0.3) is 0 Å². The van der Waals surface area contributed by atoms with Crippen molar-refractivity contribution in [2.24, 2.45) is 0 Å². The molecule has 0 saturated heterocycles. The molecule has 0 bridgehead atoms. The van der Waals surface area contributed by atoms with Crippen molar-refractivity contribution in [3.63, 3.8) is 0 Å². The number of sulfonamides is 1. The predicted octanol–water partition coefficient (Wildman–Crippen LogP) is 0.599. The molecule has 20 heavy (non-hydrogen) atoms. The van der Waals surface area contributed by atoms with Crippen LogP contribution in [0.2, 0.25) is 0 Å². The van der Waals surface area contributed by atoms with Crippen LogP contribution in [0.4, 0.5) is 0 Å². The van der Waals surface area contributed by atoms with E-state index in [-0.39, 0.29) is 4.90 Å². The van der Waals surface area contributed by atoms with Gasteiger partial charge in [-0.25, -0.2) is 8.42 Å². The first-order valence-corrected chi connectivity index (χ1v) is 7.38. The third-order valence-electron chi connectivity index (χ3n) is 2.75. The summed E-state index contributed by atoms with van der Waals surface area (Å²) in [7, 11) is -3.96. The lowest BCUT2D eigenvalue weighted by atomic mass is 10.1. The van der Waals surface area contributed by atoms with E-state index in [0.29, 0.717) is 24.7 Å². The zero-order valence-electron chi connectivity index (χ0n) is 11.0. The van der Waals surface area contributed by atoms with Gasteiger partial charge in [0, 0.05) is 6.07 Å². The summed E-state index contributed by atoms with van der Waals surface area (Å²) < 4.78 is 37.1. The molecule has 7 nitrogen and oxygen atoms in total. The number of benzene rings is 1. The van der Waals surface area contributed by atoms with Crippen molar-refractivity contribution in [3.05, 3.63) is 18.2 Å². The summed E-state index contributed by atoms with van der Waals surface area (Å²) >= 11 is 0. The maximum absolute atomic E-state index is 12.2. The molecule has 0 amide bonds. The van der Waals surface area contributed by atoms with E-state index in [4.69, 9.17) is 14.6 Å². The summed E-state index contributed by atoms with van der Waals surface area (Å²) in [5.74, 6) is -0.474. The van der Waals surface area contributed by atoms with Crippen LogP contribution in [0.25, 0.3) is 0 Å². The summed E-state index contributed by atoms with van der Waals surface area (Å²) in [5, 5.41) is 8.97. The zero-order valence-corrected chi connectivity index (χ0v) is 11.9. The Hall–Kier alpha value is -1.80. The molecular formula is C12H15NO6S. The highest BCUT2D eigenvalue weighted by Gasteiger charge is 2.33. The van der Waals surface area contributed by atoms with Crippen molar-refractivity contribution in [1.29, 1.82) is 0 Å². The van der Waals surface area contributed by atoms with Crippen LogP contribution < -0.4 is 14.2 Å². The molecule has 0 aromatic heterocycles. The molecule has 0 saturated carbocycles. The number of rotatable bonds is 4. The first kappa shape index (κ1) is 14.6. The van der Waals surface area contributed by atoms with Crippen molar-refractivity contribution in [3.8, 4) is 11.5 Å². The standard InChI is InChI=1S/C12H15NO6S/c1-12(2,11(14)15)13-20(16,17)8-3-4-9-10(7-8)19-6-5-18-9/h3-4,7,13H,5-6H2,1-2H3,(H,14,15). The van der Waals surface area contributed by atoms with Crippen molar-refractivity contribution < 1.29 is 27.8 Å². The van der Waals surface area contributed by atoms with Gasteiger partial charge in [0.15, 0.2) is 11.5 Å². The van der Waals surface area contributed by atoms with Crippen LogP contribution in [-0.2, 0) is 14.8 Å². The Balaban J connectivity index is 2.33. The molecule has 1 aromatic carbocycles. The van der Waals surface area contributed by atoms with E-state index < -0.39 is 21.5 Å². The smallest absolute Gasteiger partial charge is 0.324 e. The van der Waals surface area contributed by atoms with Crippen LogP contribution in [0.1, 0.15) is 13.8 Å². The number of hydrogen-bond donors (Lipinski definition) is 2. The summed E-state index contributed by atoms with van der Waals surface area (Å²) in [4.78, 5) is 10.9. The van der Waals surface area contributed by atoms with Crippen molar-refractivity contribution in [2.75, 3.05) is 13.2 Å². The number of carbonyl (C=O) groups is 1. The van der Waals surface area contributed by atoms with Gasteiger partial charge in [-0.1, -0.05) is 0 Å². The lowest BCUT2D eigenvalue weighted by molar-refractivity contribution is -0.142. The molecule has 0 aliphatic carbocycles. The molecule has 1 aliphatic rings. The fourth-order valence-electron chi connectivity index (χ4n) is 1.63. The number of carboxylic acids is 1. The van der Waals surface area contributed by atoms with Crippen molar-refractivity contribution >= 4 is 16.0 Å². The molecular weight excluding hydrogens is 286 g/mol. The highest BCUT2D eigenvalue weighted by molar-refractivity contribution is 7.89. The van der Waals surface area contributed by atoms with E-state index in [1.807, 2.05) is 0 Å². The van der Waals surface area contributed by atoms with Gasteiger partial charge in [-0.3, -0.25) is 4.79 Å². The van der Waals surface area contributed by atoms with E-state index >= 15 is 0 Å². The molecule has 0 spiro atoms. The molecule has 1 heterocycles. The summed E-state index contributed by atoms with van der Waals surface area (Å²) in [6, 6.07) is 4.14. The minimum absolute atomic E-state index is 0.0731. The summed E-state index contributed by atoms with van der Waals surface area (Å²) in [6.45, 7) is 3.28. The maximum atomic E-state index is 12.2. The Morgan fingerprint density at radius 1 is 1.25 bits per heavy atom. The van der Waals surface area contributed by atoms with Gasteiger partial charge >= 0.3 is 5.97 Å². The van der Waals surface area contributed by atoms with Gasteiger partial charge < -0.3 is 14.6 Å². The monoisotopic (exact) mass is 301 g/mol. The number of fused-ring (bicyclic) bond motifs is 1. The van der Waals surface area contributed by atoms with Gasteiger partial charge in [-0.15, -0.1) is 0 Å². The SMILES string of the molecule is CC(C)(NS(=O)(=O)c1ccc2c(c1)OCCO2)C(=O)O. The molecule has 2 rings (SSSR count). The lowest BCUT2D eigenvalue weighted by Crippen LogP contribution is -2.49. The summed E-state index contributed by atoms with van der Waals surface area (Å²) in [5.41, 5.74) is -1.61. The van der Waals surface area contributed by atoms with Gasteiger partial charge in [0.1, 0.15) is 18.8 Å². The Kier molecular flexibility index (Phi) is 3.61. The summed E-state index contributed by atoms with van der Waals surface area (Å²) in [6.07, 6.45) is 0. The van der Waals surface area contributed by atoms with E-state index in [1.54, 1.807) is 0 Å². The first-order valence-electron chi connectivity index (χ1n) is 5.89. The Bertz CT molecular complexity index is 637. The Morgan fingerprint density at radius 3 is 2.45 bits per heavy atom. The Labute approximate surface area is 116 Å². The fourth-order valence-corrected chi connectivity index (χ4v) is 3.02. The van der Waals surface area contributed by atoms with E-state index in [9.17, 15) is 13.2 Å². The molecule has 0 radical (unpaired) electrons. The largest absolute Gasteiger partial charge is 0.486 e. The first-order chi connectivity index (χ1) is 9.22. The van der Waals surface area contributed by atoms with Gasteiger partial charge in [0.05, 0.1) is 4.90 Å². The van der Waals surface area contributed by atoms with Crippen molar-refractivity contribution in [2.45, 2.75) is 24.3 Å². The van der Waals surface area contributed by atoms with Gasteiger partial charge in [-0.2, -0.15) is 4.72 Å². The van der Waals surface area contributed by atoms with Gasteiger partial charge in [0.2, 0.25) is 10.0 Å². The fraction of sp³-hybridized carbons (Fsp3) is 0.417. The molecule has 8 heteroatoms. The minimum Gasteiger partial charge on any atom is -0.486 e. The van der Waals surface area contributed by atoms with Crippen LogP contribution in [-0.4, -0.2) is 38.2 Å². The average Bonchev–Trinajstić information content (AvgIpc) is 2.36. The second-order valence-electron chi connectivity index (χ2n) is 4.84. The molecule has 2 N–H and O–H groups in total. The number of nitrogens with one attached hydrogen (secondary N) is 1. The van der Waals surface area contributed by atoms with Crippen LogP contribution in [0.3, 0.4) is 0 Å². The van der Waals surface area contributed by atoms with Crippen LogP contribution in [0.15, 0.2) is 23.1 Å². The maximum Gasteiger partial charge on any atom is 0.324 e. The molecule has 110 valence electrons. The number of aliphatic carboxylic acids is 1. The van der Waals surface area contributed by atoms with E-state index in [2.05, 4.69) is 4.72 Å². The lowest BCUT2D eigenvalue weighted by Gasteiger charge is -2.22. The number of hydrogen-bond acceptors (Lipinski definition) is 5. The molecule has 0 unspecified atom stereocenters. The second-order valence-corrected chi connectivity index (χ2v) is 6.52. The topological polar surface area (TPSA) is 102 Å². The third kappa shape index (κ3) is 2.86. The highest BCUT2D eigenvalue weighted by Crippen LogP contribution is 2.32. The molecule has 1 aromatic rings. The van der Waals surface area contributed by atoms with Crippen LogP contribution in [0.5, 0.6) is 11.5 Å². The van der Waals surface area contributed by atoms with E-state index in [0.717, 1.165) is 0 Å². The Morgan fingerprint density at radius 2 is 1.85 bits per heavy atom. The molecule has 1 aliphatic heterocycles. The minimum atomic E-state index is -3.96. The number of ether oxygens (including phenoxy) is 2. The quantitative estimate of drug-likeness (QED) is 0.844. The number of carboxylic acid groups (broad SMARTS) is 1. The molecule has 0 fully saturated rings. The average molecular weight is 301 g/mol. The van der Waals surface area contributed by atoms with Crippen molar-refractivity contribution in [1.82, 2.24) is 4.72 Å². The highest BCUT2D eigenvalue weighted by atomic mass is 32.2. The third-order valence-corrected chi connectivity index (χ3v) is 4.40. The zero-order chi connectivity index (χ0) is 15.0.